The quantitative estimate of drug-likeness (QED) is 0.209. The molecule has 0 saturated heterocycles. The summed E-state index contributed by atoms with van der Waals surface area (Å²) in [6.45, 7) is 0. The van der Waals surface area contributed by atoms with Crippen molar-refractivity contribution in [2.75, 3.05) is 0 Å². The zero-order valence-electron chi connectivity index (χ0n) is 6.93. The average molecular weight is 530 g/mol. The van der Waals surface area contributed by atoms with Crippen LogP contribution < -0.4 is 44.0 Å². The molecule has 104 valence electrons. The fraction of sp³-hybridized carbons (Fsp3) is 0. The number of phosphoric acid groups is 3. The summed E-state index contributed by atoms with van der Waals surface area (Å²) in [6.07, 6.45) is 0. The molecule has 0 aliphatic heterocycles. The van der Waals surface area contributed by atoms with Gasteiger partial charge in [-0.2, -0.15) is 23.5 Å². The van der Waals surface area contributed by atoms with Crippen molar-refractivity contribution in [1.82, 2.24) is 0 Å². The third-order valence-electron chi connectivity index (χ3n) is 0. The first-order valence-corrected chi connectivity index (χ1v) is 6.57. The molecular weight excluding hydrogens is 530 g/mol. The van der Waals surface area contributed by atoms with Gasteiger partial charge >= 0.3 is 36.9 Å². The zero-order chi connectivity index (χ0) is 13.5. The third-order valence-corrected chi connectivity index (χ3v) is 0. The van der Waals surface area contributed by atoms with Crippen LogP contribution in [0.1, 0.15) is 0 Å². The SMILES string of the molecule is O=P([O-])([O-])[O-].O=P([O-])([O-])[O-].O=P([O-])([O-])[O-].[Ni+2].[Re+7]. The second-order valence-electron chi connectivity index (χ2n) is 1.34. The van der Waals surface area contributed by atoms with Gasteiger partial charge in [-0.05, 0) is 0 Å². The van der Waals surface area contributed by atoms with E-state index in [1.54, 1.807) is 0 Å². The minimum Gasteiger partial charge on any atom is -0.822 e. The van der Waals surface area contributed by atoms with Gasteiger partial charge in [-0.15, -0.1) is 0 Å². The smallest absolute Gasteiger partial charge is 0.822 e. The monoisotopic (exact) mass is 530 g/mol. The number of hydrogen-bond acceptors (Lipinski definition) is 12. The second kappa shape index (κ2) is 12.5. The Hall–Kier alpha value is 1.49. The van der Waals surface area contributed by atoms with Crippen molar-refractivity contribution >= 4 is 23.5 Å². The summed E-state index contributed by atoms with van der Waals surface area (Å²) < 4.78 is 25.6. The van der Waals surface area contributed by atoms with Crippen LogP contribution in [0.4, 0.5) is 0 Å². The Balaban J connectivity index is -0.0000000400. The van der Waals surface area contributed by atoms with Crippen LogP contribution in [0.15, 0.2) is 0 Å². The van der Waals surface area contributed by atoms with Gasteiger partial charge in [0, 0.05) is 0 Å². The molecule has 0 rings (SSSR count). The Morgan fingerprint density at radius 2 is 0.471 bits per heavy atom. The van der Waals surface area contributed by atoms with Gasteiger partial charge in [0.25, 0.3) is 0 Å². The Kier molecular flexibility index (Phi) is 22.9. The molecule has 0 aromatic rings. The first kappa shape index (κ1) is 31.1. The Morgan fingerprint density at radius 3 is 0.471 bits per heavy atom. The van der Waals surface area contributed by atoms with E-state index in [0.29, 0.717) is 0 Å². The molecule has 0 aromatic carbocycles. The van der Waals surface area contributed by atoms with Gasteiger partial charge < -0.3 is 57.7 Å². The number of rotatable bonds is 0. The minimum absolute atomic E-state index is 0. The van der Waals surface area contributed by atoms with E-state index in [9.17, 15) is 0 Å². The molecule has 0 spiro atoms. The molecule has 0 saturated carbocycles. The van der Waals surface area contributed by atoms with E-state index in [2.05, 4.69) is 0 Å². The molecule has 0 atom stereocenters. The van der Waals surface area contributed by atoms with E-state index in [1.807, 2.05) is 0 Å². The second-order valence-corrected chi connectivity index (χ2v) is 4.02. The Morgan fingerprint density at radius 1 is 0.471 bits per heavy atom. The molecule has 12 nitrogen and oxygen atoms in total. The molecule has 0 N–H and O–H groups in total. The zero-order valence-corrected chi connectivity index (χ0v) is 13.3. The minimum atomic E-state index is -5.39. The van der Waals surface area contributed by atoms with Gasteiger partial charge in [0.15, 0.2) is 0 Å². The summed E-state index contributed by atoms with van der Waals surface area (Å²) in [5, 5.41) is 0. The summed E-state index contributed by atoms with van der Waals surface area (Å²) in [6, 6.07) is 0. The van der Waals surface area contributed by atoms with Crippen molar-refractivity contribution in [1.29, 1.82) is 0 Å². The van der Waals surface area contributed by atoms with Gasteiger partial charge in [0.2, 0.25) is 0 Å². The van der Waals surface area contributed by atoms with Crippen molar-refractivity contribution in [2.45, 2.75) is 0 Å². The molecule has 0 bridgehead atoms. The summed E-state index contributed by atoms with van der Waals surface area (Å²) >= 11 is 0. The predicted octanol–water partition coefficient (Wildman–Crippen LogP) is -8.48. The summed E-state index contributed by atoms with van der Waals surface area (Å²) in [4.78, 5) is 76.9. The normalized spacial score (nSPS) is 10.4. The van der Waals surface area contributed by atoms with Crippen molar-refractivity contribution < 1.29 is 94.7 Å². The number of hydrogen-bond donors (Lipinski definition) is 0. The van der Waals surface area contributed by atoms with Gasteiger partial charge in [0.1, 0.15) is 0 Å². The Bertz CT molecular complexity index is 208. The molecule has 17 heteroatoms. The maximum Gasteiger partial charge on any atom is 7.00 e. The standard InChI is InChI=1S/Ni.3H3O4P.Re/c;3*1-5(2,3)4;/h;3*(H3,1,2,3,4);/q+2;;;;+7/p-9. The van der Waals surface area contributed by atoms with Gasteiger partial charge in [-0.1, -0.05) is 0 Å². The van der Waals surface area contributed by atoms with E-state index in [-0.39, 0.29) is 36.9 Å². The van der Waals surface area contributed by atoms with E-state index in [4.69, 9.17) is 57.7 Å². The van der Waals surface area contributed by atoms with Crippen LogP contribution in [0.2, 0.25) is 0 Å². The van der Waals surface area contributed by atoms with Crippen molar-refractivity contribution in [2.24, 2.45) is 0 Å². The van der Waals surface area contributed by atoms with E-state index in [0.717, 1.165) is 0 Å². The van der Waals surface area contributed by atoms with Crippen LogP contribution in [0, 0.1) is 0 Å². The van der Waals surface area contributed by atoms with E-state index in [1.165, 1.54) is 0 Å². The van der Waals surface area contributed by atoms with E-state index < -0.39 is 23.5 Å². The molecule has 0 aliphatic rings. The summed E-state index contributed by atoms with van der Waals surface area (Å²) in [5.41, 5.74) is 0. The average Bonchev–Trinajstić information content (AvgIpc) is 1.41. The molecule has 0 fully saturated rings. The van der Waals surface area contributed by atoms with Crippen LogP contribution in [0.5, 0.6) is 0 Å². The van der Waals surface area contributed by atoms with Gasteiger partial charge in [0.05, 0.1) is 0 Å². The first-order valence-electron chi connectivity index (χ1n) is 2.19. The topological polar surface area (TPSA) is 259 Å². The largest absolute Gasteiger partial charge is 7.00 e. The van der Waals surface area contributed by atoms with Crippen LogP contribution >= 0.6 is 23.5 Å². The van der Waals surface area contributed by atoms with Crippen molar-refractivity contribution in [3.8, 4) is 0 Å². The van der Waals surface area contributed by atoms with Crippen LogP contribution in [-0.4, -0.2) is 0 Å². The van der Waals surface area contributed by atoms with E-state index >= 15 is 0 Å². The molecule has 0 aliphatic carbocycles. The van der Waals surface area contributed by atoms with Crippen LogP contribution in [-0.2, 0) is 50.6 Å². The summed E-state index contributed by atoms with van der Waals surface area (Å²) in [7, 11) is -16.2. The molecular formula is NiO12P3Re. The fourth-order valence-electron chi connectivity index (χ4n) is 0. The summed E-state index contributed by atoms with van der Waals surface area (Å²) in [5.74, 6) is 0. The maximum absolute atomic E-state index is 8.55. The maximum atomic E-state index is 8.55. The molecule has 0 amide bonds. The Labute approximate surface area is 118 Å². The van der Waals surface area contributed by atoms with Crippen molar-refractivity contribution in [3.05, 3.63) is 0 Å². The first-order chi connectivity index (χ1) is 6.00. The molecule has 0 radical (unpaired) electrons. The predicted molar refractivity (Wildman–Crippen MR) is 22.8 cm³/mol. The molecule has 17 heavy (non-hydrogen) atoms. The third kappa shape index (κ3) is 1900. The van der Waals surface area contributed by atoms with Gasteiger partial charge in [-0.3, -0.25) is 0 Å². The molecule has 0 heterocycles. The molecule has 0 unspecified atom stereocenters. The van der Waals surface area contributed by atoms with Crippen LogP contribution in [0.25, 0.3) is 0 Å². The van der Waals surface area contributed by atoms with Crippen LogP contribution in [0.3, 0.4) is 0 Å². The fourth-order valence-corrected chi connectivity index (χ4v) is 0. The van der Waals surface area contributed by atoms with Gasteiger partial charge in [-0.25, -0.2) is 0 Å². The van der Waals surface area contributed by atoms with Crippen molar-refractivity contribution in [3.63, 3.8) is 0 Å². The molecule has 0 aromatic heterocycles.